The molecule has 1 aromatic heterocycles. The maximum atomic E-state index is 11.6. The number of sulfonamides is 1. The molecule has 3 N–H and O–H groups in total. The van der Waals surface area contributed by atoms with Gasteiger partial charge in [0.2, 0.25) is 15.9 Å². The fraction of sp³-hybridized carbons (Fsp3) is 0.0909. The van der Waals surface area contributed by atoms with Gasteiger partial charge in [0.05, 0.1) is 9.77 Å². The van der Waals surface area contributed by atoms with Crippen LogP contribution < -0.4 is 10.5 Å². The first kappa shape index (κ1) is 13.7. The molecule has 6 nitrogen and oxygen atoms in total. The number of nitrogens with zero attached hydrogens (tertiary/aromatic N) is 1. The van der Waals surface area contributed by atoms with Gasteiger partial charge < -0.3 is 5.32 Å². The second-order valence-electron chi connectivity index (χ2n) is 3.81. The highest BCUT2D eigenvalue weighted by atomic mass is 32.2. The quantitative estimate of drug-likeness (QED) is 0.894. The van der Waals surface area contributed by atoms with Crippen molar-refractivity contribution in [1.29, 1.82) is 0 Å². The largest absolute Gasteiger partial charge is 0.326 e. The van der Waals surface area contributed by atoms with Gasteiger partial charge in [-0.2, -0.15) is 0 Å². The first-order valence-electron chi connectivity index (χ1n) is 5.23. The van der Waals surface area contributed by atoms with Gasteiger partial charge in [-0.05, 0) is 29.7 Å². The number of nitrogens with two attached hydrogens (primary N) is 1. The molecule has 0 unspecified atom stereocenters. The molecule has 0 aliphatic carbocycles. The lowest BCUT2D eigenvalue weighted by molar-refractivity contribution is -0.114. The number of rotatable bonds is 3. The standard InChI is InChI=1S/C11H11N3O3S2/c1-7(15)14-8-2-3-9(10-4-5-13-18-10)11(6-8)19(12,16)17/h2-6H,1H3,(H,14,15)(H2,12,16,17). The molecule has 1 aromatic carbocycles. The maximum Gasteiger partial charge on any atom is 0.238 e. The van der Waals surface area contributed by atoms with Crippen LogP contribution in [0.15, 0.2) is 35.4 Å². The number of amides is 1. The molecular formula is C11H11N3O3S2. The lowest BCUT2D eigenvalue weighted by atomic mass is 10.1. The number of benzene rings is 1. The van der Waals surface area contributed by atoms with E-state index in [2.05, 4.69) is 9.69 Å². The molecule has 1 amide bonds. The van der Waals surface area contributed by atoms with Crippen molar-refractivity contribution >= 4 is 33.2 Å². The van der Waals surface area contributed by atoms with Gasteiger partial charge in [0.25, 0.3) is 0 Å². The molecule has 0 atom stereocenters. The fourth-order valence-corrected chi connectivity index (χ4v) is 3.07. The molecule has 0 aliphatic rings. The monoisotopic (exact) mass is 297 g/mol. The van der Waals surface area contributed by atoms with Crippen LogP contribution in [0.5, 0.6) is 0 Å². The van der Waals surface area contributed by atoms with Gasteiger partial charge in [0.15, 0.2) is 0 Å². The van der Waals surface area contributed by atoms with Crippen LogP contribution in [0.2, 0.25) is 0 Å². The summed E-state index contributed by atoms with van der Waals surface area (Å²) >= 11 is 1.17. The average molecular weight is 297 g/mol. The Morgan fingerprint density at radius 1 is 1.37 bits per heavy atom. The van der Waals surface area contributed by atoms with E-state index in [9.17, 15) is 13.2 Å². The van der Waals surface area contributed by atoms with E-state index in [1.165, 1.54) is 24.5 Å². The predicted molar refractivity (Wildman–Crippen MR) is 73.2 cm³/mol. The number of anilines is 1. The Bertz CT molecular complexity index is 709. The topological polar surface area (TPSA) is 102 Å². The minimum absolute atomic E-state index is 0.0389. The van der Waals surface area contributed by atoms with Crippen molar-refractivity contribution < 1.29 is 13.2 Å². The molecule has 0 saturated heterocycles. The minimum atomic E-state index is -3.89. The number of carbonyl (C=O) groups excluding carboxylic acids is 1. The summed E-state index contributed by atoms with van der Waals surface area (Å²) in [4.78, 5) is 11.6. The number of hydrogen-bond donors (Lipinski definition) is 2. The third kappa shape index (κ3) is 3.16. The van der Waals surface area contributed by atoms with Crippen molar-refractivity contribution in [3.8, 4) is 10.4 Å². The second-order valence-corrected chi connectivity index (χ2v) is 6.18. The molecule has 0 bridgehead atoms. The minimum Gasteiger partial charge on any atom is -0.326 e. The fourth-order valence-electron chi connectivity index (χ4n) is 1.60. The summed E-state index contributed by atoms with van der Waals surface area (Å²) in [6, 6.07) is 6.25. The Morgan fingerprint density at radius 3 is 2.63 bits per heavy atom. The SMILES string of the molecule is CC(=O)Nc1ccc(-c2ccns2)c(S(N)(=O)=O)c1. The van der Waals surface area contributed by atoms with Crippen molar-refractivity contribution in [3.05, 3.63) is 30.5 Å². The van der Waals surface area contributed by atoms with Crippen LogP contribution in [0, 0.1) is 0 Å². The molecule has 0 spiro atoms. The lowest BCUT2D eigenvalue weighted by Crippen LogP contribution is -2.14. The Balaban J connectivity index is 2.59. The van der Waals surface area contributed by atoms with E-state index in [1.54, 1.807) is 24.4 Å². The average Bonchev–Trinajstić information content (AvgIpc) is 2.80. The summed E-state index contributed by atoms with van der Waals surface area (Å²) in [5.74, 6) is -0.286. The van der Waals surface area contributed by atoms with Crippen molar-refractivity contribution in [2.24, 2.45) is 5.14 Å². The van der Waals surface area contributed by atoms with Crippen molar-refractivity contribution in [2.75, 3.05) is 5.32 Å². The van der Waals surface area contributed by atoms with Crippen LogP contribution in [0.3, 0.4) is 0 Å². The zero-order valence-electron chi connectivity index (χ0n) is 9.95. The predicted octanol–water partition coefficient (Wildman–Crippen LogP) is 1.42. The van der Waals surface area contributed by atoms with E-state index in [0.717, 1.165) is 0 Å². The van der Waals surface area contributed by atoms with Gasteiger partial charge in [0.1, 0.15) is 0 Å². The number of carbonyl (C=O) groups is 1. The maximum absolute atomic E-state index is 11.6. The summed E-state index contributed by atoms with van der Waals surface area (Å²) in [7, 11) is -3.89. The van der Waals surface area contributed by atoms with Crippen LogP contribution in [0.25, 0.3) is 10.4 Å². The Morgan fingerprint density at radius 2 is 2.11 bits per heavy atom. The highest BCUT2D eigenvalue weighted by Gasteiger charge is 2.17. The molecule has 19 heavy (non-hydrogen) atoms. The van der Waals surface area contributed by atoms with Crippen LogP contribution in [-0.4, -0.2) is 18.7 Å². The highest BCUT2D eigenvalue weighted by Crippen LogP contribution is 2.31. The van der Waals surface area contributed by atoms with E-state index in [0.29, 0.717) is 16.1 Å². The summed E-state index contributed by atoms with van der Waals surface area (Å²) in [5.41, 5.74) is 0.851. The molecule has 100 valence electrons. The van der Waals surface area contributed by atoms with E-state index >= 15 is 0 Å². The third-order valence-electron chi connectivity index (χ3n) is 2.31. The van der Waals surface area contributed by atoms with E-state index in [4.69, 9.17) is 5.14 Å². The van der Waals surface area contributed by atoms with Gasteiger partial charge in [0, 0.05) is 24.4 Å². The molecule has 2 rings (SSSR count). The zero-order chi connectivity index (χ0) is 14.0. The molecule has 0 fully saturated rings. The van der Waals surface area contributed by atoms with Crippen molar-refractivity contribution in [2.45, 2.75) is 11.8 Å². The van der Waals surface area contributed by atoms with E-state index < -0.39 is 10.0 Å². The van der Waals surface area contributed by atoms with Gasteiger partial charge in [-0.3, -0.25) is 4.79 Å². The summed E-state index contributed by atoms with van der Waals surface area (Å²) < 4.78 is 27.2. The number of hydrogen-bond acceptors (Lipinski definition) is 5. The molecule has 2 aromatic rings. The molecule has 8 heteroatoms. The highest BCUT2D eigenvalue weighted by molar-refractivity contribution is 7.89. The number of nitrogens with one attached hydrogen (secondary N) is 1. The summed E-state index contributed by atoms with van der Waals surface area (Å²) in [6.45, 7) is 1.34. The van der Waals surface area contributed by atoms with Gasteiger partial charge in [-0.1, -0.05) is 6.07 Å². The Kier molecular flexibility index (Phi) is 3.65. The Labute approximate surface area is 114 Å². The molecule has 0 saturated carbocycles. The van der Waals surface area contributed by atoms with Gasteiger partial charge in [-0.25, -0.2) is 17.9 Å². The second kappa shape index (κ2) is 5.08. The van der Waals surface area contributed by atoms with Crippen LogP contribution >= 0.6 is 11.5 Å². The Hall–Kier alpha value is -1.77. The van der Waals surface area contributed by atoms with Gasteiger partial charge >= 0.3 is 0 Å². The molecule has 0 aliphatic heterocycles. The number of aromatic nitrogens is 1. The van der Waals surface area contributed by atoms with E-state index in [1.807, 2.05) is 0 Å². The van der Waals surface area contributed by atoms with Crippen LogP contribution in [-0.2, 0) is 14.8 Å². The smallest absolute Gasteiger partial charge is 0.238 e. The van der Waals surface area contributed by atoms with Crippen LogP contribution in [0.4, 0.5) is 5.69 Å². The van der Waals surface area contributed by atoms with Gasteiger partial charge in [-0.15, -0.1) is 0 Å². The molecular weight excluding hydrogens is 286 g/mol. The normalized spacial score (nSPS) is 11.3. The summed E-state index contributed by atoms with van der Waals surface area (Å²) in [5, 5.41) is 7.73. The molecule has 0 radical (unpaired) electrons. The first-order chi connectivity index (χ1) is 8.88. The zero-order valence-corrected chi connectivity index (χ0v) is 11.6. The van der Waals surface area contributed by atoms with E-state index in [-0.39, 0.29) is 10.8 Å². The van der Waals surface area contributed by atoms with Crippen LogP contribution in [0.1, 0.15) is 6.92 Å². The third-order valence-corrected chi connectivity index (χ3v) is 4.04. The van der Waals surface area contributed by atoms with Crippen molar-refractivity contribution in [3.63, 3.8) is 0 Å². The van der Waals surface area contributed by atoms with Crippen molar-refractivity contribution in [1.82, 2.24) is 4.37 Å². The number of primary sulfonamides is 1. The first-order valence-corrected chi connectivity index (χ1v) is 7.55. The summed E-state index contributed by atoms with van der Waals surface area (Å²) in [6.07, 6.45) is 1.58. The molecule has 1 heterocycles. The lowest BCUT2D eigenvalue weighted by Gasteiger charge is -2.09.